The maximum Gasteiger partial charge on any atom is 0.117 e. The average molecular weight is 543 g/mol. The fourth-order valence-corrected chi connectivity index (χ4v) is 7.91. The quantitative estimate of drug-likeness (QED) is 0.341. The summed E-state index contributed by atoms with van der Waals surface area (Å²) in [4.78, 5) is 0. The van der Waals surface area contributed by atoms with Crippen LogP contribution in [0, 0.1) is 17.3 Å². The summed E-state index contributed by atoms with van der Waals surface area (Å²) in [5, 5.41) is 32.3. The Labute approximate surface area is 240 Å². The number of hydrogen-bond acceptors (Lipinski definition) is 4. The molecule has 0 radical (unpaired) electrons. The highest BCUT2D eigenvalue weighted by Gasteiger charge is 2.51. The van der Waals surface area contributed by atoms with Crippen LogP contribution in [-0.4, -0.2) is 40.2 Å². The molecule has 0 heterocycles. The molecule has 0 unspecified atom stereocenters. The number of aliphatic hydroxyl groups is 3. The molecule has 0 bridgehead atoms. The summed E-state index contributed by atoms with van der Waals surface area (Å²) >= 11 is 0. The van der Waals surface area contributed by atoms with Crippen LogP contribution in [0.3, 0.4) is 0 Å². The van der Waals surface area contributed by atoms with Gasteiger partial charge in [-0.15, -0.1) is 0 Å². The molecule has 5 rings (SSSR count). The minimum atomic E-state index is -1.09. The van der Waals surface area contributed by atoms with Crippen molar-refractivity contribution in [3.63, 3.8) is 0 Å². The molecule has 6 atom stereocenters. The first-order valence-electron chi connectivity index (χ1n) is 15.1. The summed E-state index contributed by atoms with van der Waals surface area (Å²) in [6, 6.07) is 19.8. The Balaban J connectivity index is 1.27. The first kappa shape index (κ1) is 29.0. The molecule has 3 aliphatic carbocycles. The Morgan fingerprint density at radius 3 is 2.33 bits per heavy atom. The van der Waals surface area contributed by atoms with Gasteiger partial charge >= 0.3 is 0 Å². The van der Waals surface area contributed by atoms with Crippen LogP contribution in [0.2, 0.25) is 0 Å². The average Bonchev–Trinajstić information content (AvgIpc) is 3.32. The van der Waals surface area contributed by atoms with E-state index in [4.69, 9.17) is 4.74 Å². The lowest BCUT2D eigenvalue weighted by Gasteiger charge is -2.44. The van der Waals surface area contributed by atoms with Gasteiger partial charge in [-0.3, -0.25) is 0 Å². The monoisotopic (exact) mass is 542 g/mol. The lowest BCUT2D eigenvalue weighted by Crippen LogP contribution is -2.39. The standard InChI is InChI=1S/C36H46O4/c1-25-28(23-31(37)24-34(25)38)17-16-27-11-10-20-35(3)32(18-19-33(27)35)26(2)40-22-21-36(39,29-12-6-4-7-13-29)30-14-8-5-9-15-30/h4-9,12-17,26,31-34,37-39H,1,10-11,18-24H2,2-3H3/b27-16+,28-17-/t26-,31+,32+,33-,34-,35+/m0/s1. The fraction of sp³-hybridized carbons (Fsp3) is 0.500. The molecule has 0 aromatic heterocycles. The van der Waals surface area contributed by atoms with Gasteiger partial charge in [0, 0.05) is 12.8 Å². The van der Waals surface area contributed by atoms with Gasteiger partial charge in [0.15, 0.2) is 0 Å². The van der Waals surface area contributed by atoms with Gasteiger partial charge in [0.1, 0.15) is 5.60 Å². The SMILES string of the molecule is C=C1/C(=C\C=C2/CCC[C@]3(C)[C@@H]([C@H](C)OCCC(O)(c4ccccc4)c4ccccc4)CC[C@@H]23)C[C@@H](O)C[C@@H]1O. The Morgan fingerprint density at radius 1 is 1.02 bits per heavy atom. The van der Waals surface area contributed by atoms with E-state index in [-0.39, 0.29) is 11.5 Å². The molecule has 0 amide bonds. The zero-order valence-electron chi connectivity index (χ0n) is 24.1. The van der Waals surface area contributed by atoms with Crippen molar-refractivity contribution in [1.29, 1.82) is 0 Å². The predicted octanol–water partition coefficient (Wildman–Crippen LogP) is 6.86. The number of ether oxygens (including phenoxy) is 1. The number of hydrogen-bond donors (Lipinski definition) is 3. The van der Waals surface area contributed by atoms with Gasteiger partial charge in [-0.2, -0.15) is 0 Å². The summed E-state index contributed by atoms with van der Waals surface area (Å²) < 4.78 is 6.55. The normalized spacial score (nSPS) is 31.9. The zero-order valence-corrected chi connectivity index (χ0v) is 24.1. The molecule has 3 saturated carbocycles. The highest BCUT2D eigenvalue weighted by molar-refractivity contribution is 5.39. The van der Waals surface area contributed by atoms with Gasteiger partial charge in [-0.25, -0.2) is 0 Å². The van der Waals surface area contributed by atoms with Crippen LogP contribution >= 0.6 is 0 Å². The van der Waals surface area contributed by atoms with Crippen molar-refractivity contribution in [3.8, 4) is 0 Å². The maximum atomic E-state index is 11.9. The summed E-state index contributed by atoms with van der Waals surface area (Å²) in [6.45, 7) is 9.24. The second-order valence-corrected chi connectivity index (χ2v) is 12.6. The Morgan fingerprint density at radius 2 is 1.68 bits per heavy atom. The molecule has 0 saturated heterocycles. The van der Waals surface area contributed by atoms with Gasteiger partial charge in [-0.05, 0) is 85.0 Å². The smallest absolute Gasteiger partial charge is 0.117 e. The topological polar surface area (TPSA) is 69.9 Å². The predicted molar refractivity (Wildman–Crippen MR) is 161 cm³/mol. The summed E-state index contributed by atoms with van der Waals surface area (Å²) in [6.07, 6.45) is 10.5. The van der Waals surface area contributed by atoms with E-state index in [1.165, 1.54) is 18.4 Å². The second-order valence-electron chi connectivity index (χ2n) is 12.6. The van der Waals surface area contributed by atoms with Crippen LogP contribution in [0.4, 0.5) is 0 Å². The molecule has 214 valence electrons. The molecule has 2 aromatic carbocycles. The molecule has 4 heteroatoms. The number of rotatable bonds is 8. The highest BCUT2D eigenvalue weighted by Crippen LogP contribution is 2.58. The largest absolute Gasteiger partial charge is 0.393 e. The van der Waals surface area contributed by atoms with E-state index in [0.717, 1.165) is 41.5 Å². The third kappa shape index (κ3) is 5.78. The van der Waals surface area contributed by atoms with Crippen LogP contribution in [0.25, 0.3) is 0 Å². The first-order valence-corrected chi connectivity index (χ1v) is 15.1. The summed E-state index contributed by atoms with van der Waals surface area (Å²) in [5.74, 6) is 0.982. The summed E-state index contributed by atoms with van der Waals surface area (Å²) in [7, 11) is 0. The molecule has 40 heavy (non-hydrogen) atoms. The highest BCUT2D eigenvalue weighted by atomic mass is 16.5. The van der Waals surface area contributed by atoms with Crippen LogP contribution in [0.15, 0.2) is 96.1 Å². The van der Waals surface area contributed by atoms with Crippen molar-refractivity contribution in [3.05, 3.63) is 107 Å². The van der Waals surface area contributed by atoms with Crippen molar-refractivity contribution >= 4 is 0 Å². The van der Waals surface area contributed by atoms with E-state index >= 15 is 0 Å². The fourth-order valence-electron chi connectivity index (χ4n) is 7.91. The summed E-state index contributed by atoms with van der Waals surface area (Å²) in [5.41, 5.74) is 4.08. The van der Waals surface area contributed by atoms with E-state index in [0.29, 0.717) is 37.7 Å². The maximum absolute atomic E-state index is 11.9. The lowest BCUT2D eigenvalue weighted by atomic mass is 9.62. The number of allylic oxidation sites excluding steroid dienone is 3. The third-order valence-corrected chi connectivity index (χ3v) is 10.2. The minimum Gasteiger partial charge on any atom is -0.393 e. The van der Waals surface area contributed by atoms with Crippen molar-refractivity contribution in [2.45, 2.75) is 89.1 Å². The van der Waals surface area contributed by atoms with Gasteiger partial charge in [-0.1, -0.05) is 91.9 Å². The molecule has 0 aliphatic heterocycles. The van der Waals surface area contributed by atoms with Crippen LogP contribution in [0.5, 0.6) is 0 Å². The Kier molecular flexibility index (Phi) is 8.82. The Bertz CT molecular complexity index is 1180. The van der Waals surface area contributed by atoms with Gasteiger partial charge in [0.05, 0.1) is 24.9 Å². The van der Waals surface area contributed by atoms with E-state index < -0.39 is 17.8 Å². The minimum absolute atomic E-state index is 0.104. The first-order chi connectivity index (χ1) is 19.2. The second kappa shape index (κ2) is 12.2. The molecular weight excluding hydrogens is 496 g/mol. The van der Waals surface area contributed by atoms with Crippen molar-refractivity contribution in [2.75, 3.05) is 6.61 Å². The Hall–Kier alpha value is -2.50. The van der Waals surface area contributed by atoms with E-state index in [2.05, 4.69) is 32.6 Å². The molecule has 0 spiro atoms. The van der Waals surface area contributed by atoms with Crippen LogP contribution in [-0.2, 0) is 10.3 Å². The number of fused-ring (bicyclic) bond motifs is 1. The molecule has 4 nitrogen and oxygen atoms in total. The van der Waals surface area contributed by atoms with E-state index in [1.54, 1.807) is 0 Å². The van der Waals surface area contributed by atoms with Crippen molar-refractivity contribution in [2.24, 2.45) is 17.3 Å². The van der Waals surface area contributed by atoms with Gasteiger partial charge in [0.25, 0.3) is 0 Å². The molecular formula is C36H46O4. The molecule has 3 aliphatic rings. The van der Waals surface area contributed by atoms with Gasteiger partial charge < -0.3 is 20.1 Å². The van der Waals surface area contributed by atoms with E-state index in [1.807, 2.05) is 60.7 Å². The van der Waals surface area contributed by atoms with Crippen LogP contribution in [0.1, 0.15) is 76.3 Å². The van der Waals surface area contributed by atoms with Crippen molar-refractivity contribution < 1.29 is 20.1 Å². The van der Waals surface area contributed by atoms with E-state index in [9.17, 15) is 15.3 Å². The third-order valence-electron chi connectivity index (χ3n) is 10.2. The molecule has 3 N–H and O–H groups in total. The molecule has 2 aromatic rings. The lowest BCUT2D eigenvalue weighted by molar-refractivity contribution is -0.0460. The van der Waals surface area contributed by atoms with Crippen LogP contribution < -0.4 is 0 Å². The van der Waals surface area contributed by atoms with Gasteiger partial charge in [0.2, 0.25) is 0 Å². The number of aliphatic hydroxyl groups excluding tert-OH is 2. The number of benzene rings is 2. The zero-order chi connectivity index (χ0) is 28.3. The molecule has 3 fully saturated rings. The van der Waals surface area contributed by atoms with Crippen molar-refractivity contribution in [1.82, 2.24) is 0 Å².